The third-order valence-corrected chi connectivity index (χ3v) is 7.24. The monoisotopic (exact) mass is 377 g/mol. The lowest BCUT2D eigenvalue weighted by molar-refractivity contribution is -0.141. The van der Waals surface area contributed by atoms with Gasteiger partial charge in [-0.3, -0.25) is 9.59 Å². The summed E-state index contributed by atoms with van der Waals surface area (Å²) in [5, 5.41) is 0. The molecule has 6 nitrogen and oxygen atoms in total. The fraction of sp³-hybridized carbons (Fsp3) is 0.905. The molecule has 3 heterocycles. The van der Waals surface area contributed by atoms with Crippen molar-refractivity contribution in [3.8, 4) is 0 Å². The van der Waals surface area contributed by atoms with Gasteiger partial charge in [0.15, 0.2) is 0 Å². The van der Waals surface area contributed by atoms with E-state index in [1.807, 2.05) is 4.90 Å². The Labute approximate surface area is 163 Å². The van der Waals surface area contributed by atoms with Crippen LogP contribution in [0, 0.1) is 11.8 Å². The maximum atomic E-state index is 12.7. The van der Waals surface area contributed by atoms with Crippen LogP contribution < -0.4 is 0 Å². The molecular formula is C21H35N3O3. The van der Waals surface area contributed by atoms with Gasteiger partial charge in [0.25, 0.3) is 0 Å². The van der Waals surface area contributed by atoms with Gasteiger partial charge in [-0.15, -0.1) is 0 Å². The van der Waals surface area contributed by atoms with E-state index < -0.39 is 0 Å². The van der Waals surface area contributed by atoms with Crippen molar-refractivity contribution in [3.63, 3.8) is 0 Å². The highest BCUT2D eigenvalue weighted by Gasteiger charge is 2.42. The van der Waals surface area contributed by atoms with Crippen LogP contribution in [0.3, 0.4) is 0 Å². The first-order chi connectivity index (χ1) is 13.0. The molecule has 0 bridgehead atoms. The molecule has 1 unspecified atom stereocenters. The van der Waals surface area contributed by atoms with E-state index in [2.05, 4.69) is 16.8 Å². The van der Waals surface area contributed by atoms with Gasteiger partial charge in [-0.1, -0.05) is 6.42 Å². The Hall–Kier alpha value is -1.14. The molecule has 1 spiro atoms. The third-order valence-electron chi connectivity index (χ3n) is 7.24. The first-order valence-corrected chi connectivity index (χ1v) is 10.9. The molecule has 6 heteroatoms. The molecule has 4 rings (SSSR count). The van der Waals surface area contributed by atoms with Crippen LogP contribution in [0.15, 0.2) is 0 Å². The molecule has 3 aliphatic heterocycles. The summed E-state index contributed by atoms with van der Waals surface area (Å²) in [5.41, 5.74) is -0.236. The van der Waals surface area contributed by atoms with Crippen LogP contribution in [0.5, 0.6) is 0 Å². The van der Waals surface area contributed by atoms with E-state index in [0.29, 0.717) is 37.2 Å². The molecule has 0 N–H and O–H groups in total. The van der Waals surface area contributed by atoms with Gasteiger partial charge in [0.2, 0.25) is 11.8 Å². The quantitative estimate of drug-likeness (QED) is 0.749. The van der Waals surface area contributed by atoms with E-state index in [-0.39, 0.29) is 11.5 Å². The molecule has 1 atom stereocenters. The van der Waals surface area contributed by atoms with Crippen molar-refractivity contribution in [2.24, 2.45) is 11.8 Å². The van der Waals surface area contributed by atoms with Gasteiger partial charge in [-0.05, 0) is 57.5 Å². The zero-order chi connectivity index (χ0) is 18.9. The van der Waals surface area contributed by atoms with Gasteiger partial charge >= 0.3 is 0 Å². The summed E-state index contributed by atoms with van der Waals surface area (Å²) in [4.78, 5) is 31.6. The number of hydrogen-bond acceptors (Lipinski definition) is 4. The third kappa shape index (κ3) is 4.48. The fourth-order valence-electron chi connectivity index (χ4n) is 5.18. The number of carbonyl (C=O) groups excluding carboxylic acids is 2. The number of rotatable bonds is 4. The van der Waals surface area contributed by atoms with Crippen LogP contribution in [0.4, 0.5) is 0 Å². The number of likely N-dealkylation sites (tertiary alicyclic amines) is 2. The first kappa shape index (κ1) is 19.2. The van der Waals surface area contributed by atoms with Crippen molar-refractivity contribution in [2.45, 2.75) is 57.0 Å². The molecule has 4 fully saturated rings. The molecule has 27 heavy (non-hydrogen) atoms. The summed E-state index contributed by atoms with van der Waals surface area (Å²) in [6.07, 6.45) is 7.88. The van der Waals surface area contributed by atoms with Crippen LogP contribution in [-0.4, -0.2) is 85.0 Å². The second-order valence-electron chi connectivity index (χ2n) is 9.35. The molecule has 0 radical (unpaired) electrons. The molecule has 0 aromatic carbocycles. The smallest absolute Gasteiger partial charge is 0.224 e. The van der Waals surface area contributed by atoms with Gasteiger partial charge in [-0.2, -0.15) is 0 Å². The number of piperidine rings is 1. The van der Waals surface area contributed by atoms with Gasteiger partial charge in [0, 0.05) is 39.1 Å². The summed E-state index contributed by atoms with van der Waals surface area (Å²) in [5.74, 6) is 1.77. The number of amides is 2. The van der Waals surface area contributed by atoms with E-state index in [0.717, 1.165) is 58.5 Å². The zero-order valence-electron chi connectivity index (χ0n) is 16.8. The highest BCUT2D eigenvalue weighted by Crippen LogP contribution is 2.33. The highest BCUT2D eigenvalue weighted by atomic mass is 16.5. The van der Waals surface area contributed by atoms with Crippen molar-refractivity contribution in [3.05, 3.63) is 0 Å². The summed E-state index contributed by atoms with van der Waals surface area (Å²) in [6.45, 7) is 5.85. The fourth-order valence-corrected chi connectivity index (χ4v) is 5.18. The van der Waals surface area contributed by atoms with E-state index in [1.54, 1.807) is 0 Å². The molecule has 3 saturated heterocycles. The number of carbonyl (C=O) groups is 2. The molecule has 0 aromatic heterocycles. The Kier molecular flexibility index (Phi) is 5.74. The topological polar surface area (TPSA) is 53.1 Å². The molecule has 4 aliphatic rings. The predicted molar refractivity (Wildman–Crippen MR) is 103 cm³/mol. The predicted octanol–water partition coefficient (Wildman–Crippen LogP) is 1.74. The lowest BCUT2D eigenvalue weighted by Crippen LogP contribution is -2.54. The van der Waals surface area contributed by atoms with Crippen molar-refractivity contribution in [2.75, 3.05) is 52.9 Å². The van der Waals surface area contributed by atoms with Crippen molar-refractivity contribution < 1.29 is 14.3 Å². The van der Waals surface area contributed by atoms with Crippen molar-refractivity contribution in [1.82, 2.24) is 14.7 Å². The molecule has 152 valence electrons. The van der Waals surface area contributed by atoms with Crippen LogP contribution in [0.1, 0.15) is 51.4 Å². The number of ether oxygens (including phenoxy) is 1. The van der Waals surface area contributed by atoms with Crippen LogP contribution in [-0.2, 0) is 14.3 Å². The van der Waals surface area contributed by atoms with E-state index >= 15 is 0 Å². The first-order valence-electron chi connectivity index (χ1n) is 10.9. The van der Waals surface area contributed by atoms with Crippen LogP contribution in [0.25, 0.3) is 0 Å². The average Bonchev–Trinajstić information content (AvgIpc) is 2.95. The number of nitrogens with zero attached hydrogens (tertiary/aromatic N) is 3. The summed E-state index contributed by atoms with van der Waals surface area (Å²) >= 11 is 0. The molecule has 0 aromatic rings. The standard InChI is InChI=1S/C21H35N3O3/c1-22-9-5-18(14-22)13-20(26)23-10-7-21(8-11-23)16-24(15-17-3-2-4-17)19(25)6-12-27-21/h17-18H,2-16H2,1H3. The molecular weight excluding hydrogens is 342 g/mol. The lowest BCUT2D eigenvalue weighted by atomic mass is 9.84. The minimum absolute atomic E-state index is 0.236. The Bertz CT molecular complexity index is 555. The zero-order valence-corrected chi connectivity index (χ0v) is 16.8. The van der Waals surface area contributed by atoms with Crippen molar-refractivity contribution in [1.29, 1.82) is 0 Å². The van der Waals surface area contributed by atoms with Gasteiger partial charge < -0.3 is 19.4 Å². The molecule has 2 amide bonds. The van der Waals surface area contributed by atoms with E-state index in [4.69, 9.17) is 4.74 Å². The van der Waals surface area contributed by atoms with Gasteiger partial charge in [0.1, 0.15) is 0 Å². The van der Waals surface area contributed by atoms with Crippen molar-refractivity contribution >= 4 is 11.8 Å². The van der Waals surface area contributed by atoms with Crippen LogP contribution >= 0.6 is 0 Å². The maximum absolute atomic E-state index is 12.7. The normalized spacial score (nSPS) is 29.8. The summed E-state index contributed by atoms with van der Waals surface area (Å²) < 4.78 is 6.23. The average molecular weight is 378 g/mol. The summed E-state index contributed by atoms with van der Waals surface area (Å²) in [7, 11) is 2.13. The van der Waals surface area contributed by atoms with Gasteiger partial charge in [-0.25, -0.2) is 0 Å². The van der Waals surface area contributed by atoms with E-state index in [9.17, 15) is 9.59 Å². The summed E-state index contributed by atoms with van der Waals surface area (Å²) in [6, 6.07) is 0. The Morgan fingerprint density at radius 3 is 2.56 bits per heavy atom. The highest BCUT2D eigenvalue weighted by molar-refractivity contribution is 5.77. The molecule has 1 aliphatic carbocycles. The Balaban J connectivity index is 1.30. The molecule has 1 saturated carbocycles. The second kappa shape index (κ2) is 8.08. The maximum Gasteiger partial charge on any atom is 0.224 e. The van der Waals surface area contributed by atoms with E-state index in [1.165, 1.54) is 19.3 Å². The van der Waals surface area contributed by atoms with Crippen LogP contribution in [0.2, 0.25) is 0 Å². The Morgan fingerprint density at radius 2 is 1.93 bits per heavy atom. The largest absolute Gasteiger partial charge is 0.372 e. The second-order valence-corrected chi connectivity index (χ2v) is 9.35. The van der Waals surface area contributed by atoms with Gasteiger partial charge in [0.05, 0.1) is 18.6 Å². The SMILES string of the molecule is CN1CCC(CC(=O)N2CCC3(CC2)CN(CC2CCC2)C(=O)CCO3)C1. The minimum atomic E-state index is -0.236. The Morgan fingerprint density at radius 1 is 1.15 bits per heavy atom. The lowest BCUT2D eigenvalue weighted by Gasteiger charge is -2.43. The number of hydrogen-bond donors (Lipinski definition) is 0. The minimum Gasteiger partial charge on any atom is -0.372 e.